The van der Waals surface area contributed by atoms with Crippen molar-refractivity contribution < 1.29 is 28.9 Å². The fraction of sp³-hybridized carbons (Fsp3) is 0.438. The molecule has 1 aliphatic rings. The fourth-order valence-corrected chi connectivity index (χ4v) is 4.01. The first kappa shape index (κ1) is 20.6. The van der Waals surface area contributed by atoms with E-state index in [1.54, 1.807) is 0 Å². The molecule has 1 fully saturated rings. The highest BCUT2D eigenvalue weighted by Crippen LogP contribution is 2.44. The molecule has 0 saturated carbocycles. The Morgan fingerprint density at radius 3 is 2.52 bits per heavy atom. The van der Waals surface area contributed by atoms with Crippen molar-refractivity contribution >= 4 is 61.7 Å². The number of rotatable bonds is 4. The molecule has 0 spiro atoms. The molecule has 0 bridgehead atoms. The van der Waals surface area contributed by atoms with Gasteiger partial charge >= 0.3 is 0 Å². The quantitative estimate of drug-likeness (QED) is 0.693. The molecule has 2 N–H and O–H groups in total. The van der Waals surface area contributed by atoms with Gasteiger partial charge in [-0.3, -0.25) is 14.2 Å². The summed E-state index contributed by atoms with van der Waals surface area (Å²) in [6.45, 7) is 2.00. The lowest BCUT2D eigenvalue weighted by molar-refractivity contribution is -0.160. The van der Waals surface area contributed by atoms with Crippen molar-refractivity contribution in [2.75, 3.05) is 0 Å². The summed E-state index contributed by atoms with van der Waals surface area (Å²) < 4.78 is 22.1. The Labute approximate surface area is 171 Å². The summed E-state index contributed by atoms with van der Waals surface area (Å²) in [6.07, 6.45) is -7.54. The molecule has 146 valence electrons. The van der Waals surface area contributed by atoms with E-state index in [0.717, 1.165) is 13.8 Å². The maximum atomic E-state index is 15.3. The molecule has 7 nitrogen and oxygen atoms in total. The second-order valence-electron chi connectivity index (χ2n) is 6.29. The van der Waals surface area contributed by atoms with E-state index in [9.17, 15) is 19.8 Å². The predicted molar refractivity (Wildman–Crippen MR) is 98.6 cm³/mol. The second kappa shape index (κ2) is 7.06. The van der Waals surface area contributed by atoms with E-state index >= 15 is 4.39 Å². The van der Waals surface area contributed by atoms with Gasteiger partial charge in [-0.2, -0.15) is 0 Å². The molecular weight excluding hydrogens is 470 g/mol. The lowest BCUT2D eigenvalue weighted by Crippen LogP contribution is -2.57. The lowest BCUT2D eigenvalue weighted by Gasteiger charge is -2.28. The van der Waals surface area contributed by atoms with Gasteiger partial charge in [-0.15, -0.1) is 0 Å². The minimum atomic E-state index is -2.72. The molecule has 11 heteroatoms. The van der Waals surface area contributed by atoms with E-state index in [1.807, 2.05) is 0 Å². The van der Waals surface area contributed by atoms with Crippen LogP contribution >= 0.6 is 39.1 Å². The number of ketones is 2. The SMILES string of the molecule is CC(=O)C(O)[C@H]1O[C@@H](n2c(Br)nc3cc(Cl)c(Cl)cc32)[C@H](F)[C@@]1(O)C(C)=O. The third kappa shape index (κ3) is 3.10. The summed E-state index contributed by atoms with van der Waals surface area (Å²) in [4.78, 5) is 27.8. The number of fused-ring (bicyclic) bond motifs is 1. The molecule has 0 radical (unpaired) electrons. The van der Waals surface area contributed by atoms with Gasteiger partial charge in [0.25, 0.3) is 0 Å². The van der Waals surface area contributed by atoms with Gasteiger partial charge in [0.2, 0.25) is 0 Å². The molecule has 5 atom stereocenters. The van der Waals surface area contributed by atoms with Crippen molar-refractivity contribution in [2.24, 2.45) is 0 Å². The Balaban J connectivity index is 2.17. The highest BCUT2D eigenvalue weighted by molar-refractivity contribution is 9.10. The van der Waals surface area contributed by atoms with Crippen molar-refractivity contribution in [2.45, 2.75) is 44.1 Å². The van der Waals surface area contributed by atoms with Gasteiger partial charge in [-0.25, -0.2) is 9.37 Å². The first-order chi connectivity index (χ1) is 12.5. The van der Waals surface area contributed by atoms with Crippen molar-refractivity contribution in [3.05, 3.63) is 26.9 Å². The maximum Gasteiger partial charge on any atom is 0.187 e. The van der Waals surface area contributed by atoms with E-state index in [-0.39, 0.29) is 14.8 Å². The number of imidazole rings is 1. The van der Waals surface area contributed by atoms with Crippen LogP contribution in [0, 0.1) is 0 Å². The van der Waals surface area contributed by atoms with Gasteiger partial charge in [-0.05, 0) is 41.9 Å². The van der Waals surface area contributed by atoms with Crippen LogP contribution in [-0.4, -0.2) is 55.3 Å². The Hall–Kier alpha value is -1.10. The van der Waals surface area contributed by atoms with E-state index in [4.69, 9.17) is 27.9 Å². The molecule has 27 heavy (non-hydrogen) atoms. The first-order valence-electron chi connectivity index (χ1n) is 7.74. The number of hydrogen-bond donors (Lipinski definition) is 2. The third-order valence-corrected chi connectivity index (χ3v) is 5.88. The number of carbonyl (C=O) groups excluding carboxylic acids is 2. The minimum absolute atomic E-state index is 0.118. The molecule has 1 aliphatic heterocycles. The molecule has 0 amide bonds. The monoisotopic (exact) mass is 482 g/mol. The summed E-state index contributed by atoms with van der Waals surface area (Å²) >= 11 is 15.2. The average Bonchev–Trinajstić information content (AvgIpc) is 3.02. The highest BCUT2D eigenvalue weighted by atomic mass is 79.9. The predicted octanol–water partition coefficient (Wildman–Crippen LogP) is 2.61. The van der Waals surface area contributed by atoms with Crippen LogP contribution in [0.4, 0.5) is 4.39 Å². The summed E-state index contributed by atoms with van der Waals surface area (Å²) in [5, 5.41) is 21.2. The number of aliphatic hydroxyl groups excluding tert-OH is 1. The molecule has 2 aromatic rings. The average molecular weight is 484 g/mol. The zero-order chi connectivity index (χ0) is 20.3. The molecule has 1 aromatic heterocycles. The topological polar surface area (TPSA) is 102 Å². The number of alkyl halides is 1. The summed E-state index contributed by atoms with van der Waals surface area (Å²) in [5.74, 6) is -1.76. The van der Waals surface area contributed by atoms with E-state index < -0.39 is 41.8 Å². The largest absolute Gasteiger partial charge is 0.382 e. The van der Waals surface area contributed by atoms with Gasteiger partial charge < -0.3 is 14.9 Å². The summed E-state index contributed by atoms with van der Waals surface area (Å²) in [6, 6.07) is 2.89. The summed E-state index contributed by atoms with van der Waals surface area (Å²) in [7, 11) is 0. The van der Waals surface area contributed by atoms with E-state index in [1.165, 1.54) is 16.7 Å². The third-order valence-electron chi connectivity index (χ3n) is 4.60. The molecule has 0 aliphatic carbocycles. The minimum Gasteiger partial charge on any atom is -0.382 e. The number of aromatic nitrogens is 2. The zero-order valence-corrected chi connectivity index (χ0v) is 17.1. The van der Waals surface area contributed by atoms with E-state index in [2.05, 4.69) is 20.9 Å². The number of Topliss-reactive ketones (excluding diaryl/α,β-unsaturated/α-hetero) is 2. The Morgan fingerprint density at radius 1 is 1.37 bits per heavy atom. The molecule has 3 rings (SSSR count). The number of ether oxygens (including phenoxy) is 1. The first-order valence-corrected chi connectivity index (χ1v) is 9.29. The Bertz CT molecular complexity index is 955. The highest BCUT2D eigenvalue weighted by Gasteiger charge is 2.63. The Kier molecular flexibility index (Phi) is 5.39. The standard InChI is InChI=1S/C16H14BrCl2FN2O5/c1-5(23)11(25)13-16(26,6(2)24)12(20)14(27-13)22-10-4-8(19)7(18)3-9(10)21-15(22)17/h3-4,11-14,25-26H,1-2H3/t11?,12-,13+,14+,16-/m0/s1. The van der Waals surface area contributed by atoms with Crippen molar-refractivity contribution in [1.82, 2.24) is 9.55 Å². The molecule has 2 heterocycles. The fourth-order valence-electron chi connectivity index (χ4n) is 3.11. The van der Waals surface area contributed by atoms with Crippen LogP contribution in [0.1, 0.15) is 20.1 Å². The number of carbonyl (C=O) groups is 2. The molecular formula is C16H14BrCl2FN2O5. The van der Waals surface area contributed by atoms with Crippen LogP contribution in [0.3, 0.4) is 0 Å². The van der Waals surface area contributed by atoms with Crippen molar-refractivity contribution in [3.8, 4) is 0 Å². The molecule has 1 saturated heterocycles. The zero-order valence-electron chi connectivity index (χ0n) is 14.0. The van der Waals surface area contributed by atoms with Gasteiger partial charge in [0, 0.05) is 0 Å². The normalized spacial score (nSPS) is 29.3. The number of hydrogen-bond acceptors (Lipinski definition) is 6. The van der Waals surface area contributed by atoms with Gasteiger partial charge in [0.05, 0.1) is 21.1 Å². The van der Waals surface area contributed by atoms with Crippen LogP contribution in [-0.2, 0) is 14.3 Å². The van der Waals surface area contributed by atoms with Crippen LogP contribution in [0.5, 0.6) is 0 Å². The van der Waals surface area contributed by atoms with Crippen LogP contribution < -0.4 is 0 Å². The maximum absolute atomic E-state index is 15.3. The number of benzene rings is 1. The van der Waals surface area contributed by atoms with Crippen molar-refractivity contribution in [3.63, 3.8) is 0 Å². The number of aliphatic hydroxyl groups is 2. The summed E-state index contributed by atoms with van der Waals surface area (Å²) in [5.41, 5.74) is -2.05. The second-order valence-corrected chi connectivity index (χ2v) is 7.82. The lowest BCUT2D eigenvalue weighted by atomic mass is 9.85. The van der Waals surface area contributed by atoms with Gasteiger partial charge in [-0.1, -0.05) is 23.2 Å². The van der Waals surface area contributed by atoms with Crippen LogP contribution in [0.25, 0.3) is 11.0 Å². The van der Waals surface area contributed by atoms with Crippen molar-refractivity contribution in [1.29, 1.82) is 0 Å². The molecule has 1 aromatic carbocycles. The smallest absolute Gasteiger partial charge is 0.187 e. The van der Waals surface area contributed by atoms with Gasteiger partial charge in [0.15, 0.2) is 34.3 Å². The number of nitrogens with zero attached hydrogens (tertiary/aromatic N) is 2. The van der Waals surface area contributed by atoms with Crippen LogP contribution in [0.15, 0.2) is 16.9 Å². The molecule has 1 unspecified atom stereocenters. The van der Waals surface area contributed by atoms with E-state index in [0.29, 0.717) is 11.0 Å². The Morgan fingerprint density at radius 2 is 1.96 bits per heavy atom. The van der Waals surface area contributed by atoms with Crippen LogP contribution in [0.2, 0.25) is 10.0 Å². The van der Waals surface area contributed by atoms with Gasteiger partial charge in [0.1, 0.15) is 12.2 Å². The number of halogens is 4.